The van der Waals surface area contributed by atoms with Crippen molar-refractivity contribution in [2.24, 2.45) is 41.4 Å². The summed E-state index contributed by atoms with van der Waals surface area (Å²) in [5.74, 6) is 1.88. The van der Waals surface area contributed by atoms with Gasteiger partial charge >= 0.3 is 23.2 Å². The average molecular weight is 889 g/mol. The van der Waals surface area contributed by atoms with Crippen molar-refractivity contribution in [3.8, 4) is 23.2 Å². The lowest BCUT2D eigenvalue weighted by molar-refractivity contribution is -0.278. The molecule has 0 aliphatic heterocycles. The first kappa shape index (κ1) is 48.8. The molecular formula is C46H64N8O8S. The highest BCUT2D eigenvalue weighted by Gasteiger charge is 2.40. The molecule has 0 saturated heterocycles. The number of ether oxygens (including phenoxy) is 2. The maximum atomic E-state index is 13.7. The van der Waals surface area contributed by atoms with Gasteiger partial charge in [0.1, 0.15) is 41.9 Å². The van der Waals surface area contributed by atoms with Crippen molar-refractivity contribution in [1.82, 2.24) is 30.4 Å². The molecule has 2 saturated carbocycles. The molecular weight excluding hydrogens is 825 g/mol. The second-order valence-corrected chi connectivity index (χ2v) is 18.7. The van der Waals surface area contributed by atoms with Crippen LogP contribution in [0.2, 0.25) is 0 Å². The molecule has 63 heavy (non-hydrogen) atoms. The van der Waals surface area contributed by atoms with E-state index in [1.54, 1.807) is 6.07 Å². The van der Waals surface area contributed by atoms with Crippen molar-refractivity contribution >= 4 is 28.9 Å². The first-order chi connectivity index (χ1) is 30.0. The van der Waals surface area contributed by atoms with Crippen LogP contribution in [0.1, 0.15) is 107 Å². The number of carbonyl (C=O) groups excluding carboxylic acids is 2. The van der Waals surface area contributed by atoms with Gasteiger partial charge in [0.25, 0.3) is 0 Å². The van der Waals surface area contributed by atoms with Crippen LogP contribution in [-0.2, 0) is 46.5 Å². The van der Waals surface area contributed by atoms with Gasteiger partial charge in [0, 0.05) is 5.56 Å². The lowest BCUT2D eigenvalue weighted by Crippen LogP contribution is -2.40. The summed E-state index contributed by atoms with van der Waals surface area (Å²) < 4.78 is 33.2. The van der Waals surface area contributed by atoms with Crippen molar-refractivity contribution in [3.05, 3.63) is 70.6 Å². The molecule has 0 radical (unpaired) electrons. The Morgan fingerprint density at radius 3 is 2.05 bits per heavy atom. The number of benzene rings is 2. The number of aryl methyl sites for hydroxylation is 4. The van der Waals surface area contributed by atoms with E-state index in [1.165, 1.54) is 7.11 Å². The number of nitrogens with zero attached hydrogens (tertiary/aromatic N) is 5. The van der Waals surface area contributed by atoms with Gasteiger partial charge in [-0.25, -0.2) is 19.7 Å². The maximum absolute atomic E-state index is 13.7. The second kappa shape index (κ2) is 22.4. The molecule has 17 heteroatoms. The van der Waals surface area contributed by atoms with Crippen molar-refractivity contribution < 1.29 is 37.2 Å². The Morgan fingerprint density at radius 1 is 0.841 bits per heavy atom. The number of aromatic amines is 2. The Morgan fingerprint density at radius 2 is 1.46 bits per heavy atom. The number of nitriles is 1. The molecule has 2 fully saturated rings. The number of aromatic nitrogens is 6. The molecule has 3 N–H and O–H groups in total. The molecule has 0 bridgehead atoms. The lowest BCUT2D eigenvalue weighted by Gasteiger charge is -2.38. The molecule has 2 aliphatic carbocycles. The zero-order valence-electron chi connectivity index (χ0n) is 38.4. The van der Waals surface area contributed by atoms with Gasteiger partial charge in [0.05, 0.1) is 31.4 Å². The fourth-order valence-electron chi connectivity index (χ4n) is 9.07. The summed E-state index contributed by atoms with van der Waals surface area (Å²) in [5.41, 5.74) is 3.85. The fraction of sp³-hybridized carbons (Fsp3) is 0.587. The van der Waals surface area contributed by atoms with E-state index >= 15 is 0 Å². The van der Waals surface area contributed by atoms with Crippen molar-refractivity contribution in [1.29, 1.82) is 5.26 Å². The summed E-state index contributed by atoms with van der Waals surface area (Å²) in [5, 5.41) is 23.9. The Bertz CT molecular complexity index is 2200. The molecule has 2 aliphatic rings. The third-order valence-corrected chi connectivity index (χ3v) is 12.7. The first-order valence-corrected chi connectivity index (χ1v) is 22.8. The SMILES string of the molecule is COOCC(C#N)C(C(=O)OC1C(C)CC(C)CC1C)c1nc(-c2ccc(C)c(NS(=O)Oc3cc(C)ccc3C)c2)n[nH]1.Cc1nc(CC(=O)OC2C(C)CC(C)CC2C)n[nH]1. The van der Waals surface area contributed by atoms with Crippen LogP contribution in [0.25, 0.3) is 11.4 Å². The summed E-state index contributed by atoms with van der Waals surface area (Å²) in [6, 6.07) is 13.3. The molecule has 0 amide bonds. The van der Waals surface area contributed by atoms with Crippen LogP contribution in [0.5, 0.6) is 5.75 Å². The van der Waals surface area contributed by atoms with Crippen LogP contribution < -0.4 is 8.91 Å². The molecule has 342 valence electrons. The highest BCUT2D eigenvalue weighted by Crippen LogP contribution is 2.38. The summed E-state index contributed by atoms with van der Waals surface area (Å²) in [6.07, 6.45) is 4.07. The third-order valence-electron chi connectivity index (χ3n) is 12.0. The van der Waals surface area contributed by atoms with E-state index in [1.807, 2.05) is 58.0 Å². The second-order valence-electron chi connectivity index (χ2n) is 17.9. The van der Waals surface area contributed by atoms with Gasteiger partial charge in [0.15, 0.2) is 11.6 Å². The Labute approximate surface area is 373 Å². The number of anilines is 1. The predicted octanol–water partition coefficient (Wildman–Crippen LogP) is 8.15. The van der Waals surface area contributed by atoms with Gasteiger partial charge < -0.3 is 13.7 Å². The molecule has 4 aromatic rings. The van der Waals surface area contributed by atoms with E-state index in [9.17, 15) is 19.1 Å². The summed E-state index contributed by atoms with van der Waals surface area (Å²) in [4.78, 5) is 44.2. The van der Waals surface area contributed by atoms with E-state index in [0.717, 1.165) is 54.1 Å². The largest absolute Gasteiger partial charge is 0.461 e. The van der Waals surface area contributed by atoms with Gasteiger partial charge in [0.2, 0.25) is 0 Å². The van der Waals surface area contributed by atoms with E-state index < -0.39 is 29.1 Å². The van der Waals surface area contributed by atoms with Crippen LogP contribution in [-0.4, -0.2) is 72.4 Å². The summed E-state index contributed by atoms with van der Waals surface area (Å²) >= 11 is -1.87. The number of rotatable bonds is 15. The zero-order valence-corrected chi connectivity index (χ0v) is 39.2. The van der Waals surface area contributed by atoms with Crippen LogP contribution >= 0.6 is 0 Å². The van der Waals surface area contributed by atoms with Gasteiger partial charge in [-0.1, -0.05) is 65.8 Å². The number of nitrogens with one attached hydrogen (secondary N) is 3. The minimum absolute atomic E-state index is 0.0312. The number of H-pyrrole nitrogens is 2. The van der Waals surface area contributed by atoms with Crippen molar-refractivity contribution in [2.75, 3.05) is 18.4 Å². The smallest absolute Gasteiger partial charge is 0.318 e. The van der Waals surface area contributed by atoms with E-state index in [4.69, 9.17) is 23.4 Å². The van der Waals surface area contributed by atoms with Crippen LogP contribution in [0.15, 0.2) is 36.4 Å². The van der Waals surface area contributed by atoms with E-state index in [0.29, 0.717) is 46.4 Å². The Kier molecular flexibility index (Phi) is 17.4. The Hall–Kier alpha value is -5.18. The number of hydrogen-bond acceptors (Lipinski definition) is 13. The van der Waals surface area contributed by atoms with Gasteiger partial charge in [-0.2, -0.15) is 19.7 Å². The molecule has 2 aromatic carbocycles. The lowest BCUT2D eigenvalue weighted by atomic mass is 9.75. The quantitative estimate of drug-likeness (QED) is 0.0584. The monoisotopic (exact) mass is 888 g/mol. The molecule has 7 atom stereocenters. The van der Waals surface area contributed by atoms with Gasteiger partial charge in [-0.3, -0.25) is 24.5 Å². The highest BCUT2D eigenvalue weighted by atomic mass is 32.2. The number of carbonyl (C=O) groups is 2. The van der Waals surface area contributed by atoms with Crippen LogP contribution in [0.4, 0.5) is 5.69 Å². The molecule has 2 aromatic heterocycles. The van der Waals surface area contributed by atoms with Crippen LogP contribution in [0.3, 0.4) is 0 Å². The molecule has 2 heterocycles. The highest BCUT2D eigenvalue weighted by molar-refractivity contribution is 7.82. The van der Waals surface area contributed by atoms with E-state index in [2.05, 4.69) is 82.7 Å². The minimum Gasteiger partial charge on any atom is -0.461 e. The fourth-order valence-corrected chi connectivity index (χ4v) is 9.85. The first-order valence-electron chi connectivity index (χ1n) is 21.8. The van der Waals surface area contributed by atoms with Crippen molar-refractivity contribution in [2.45, 2.75) is 119 Å². The topological polar surface area (TPSA) is 216 Å². The van der Waals surface area contributed by atoms with E-state index in [-0.39, 0.29) is 48.9 Å². The molecule has 0 spiro atoms. The standard InChI is InChI=1S/C32H41N5O6S.C14H23N3O2/c1-18-8-9-21(4)27(14-18)43-44(39)37-26-15-24(11-10-20(26)3)30-34-31(36-35-30)28(25(16-33)17-41-40-7)32(38)42-29-22(5)12-19(2)13-23(29)6;1-8-5-9(2)14(10(3)6-8)19-13(18)7-12-15-11(4)16-17-12/h8-11,14-15,19,22-23,25,28-29,37H,12-13,17H2,1-7H3,(H,34,35,36);8-10,14H,5-7H2,1-4H3,(H,15,16,17). The molecule has 16 nitrogen and oxygen atoms in total. The molecule has 6 rings (SSSR count). The van der Waals surface area contributed by atoms with Crippen molar-refractivity contribution in [3.63, 3.8) is 0 Å². The van der Waals surface area contributed by atoms with Crippen LogP contribution in [0, 0.1) is 80.5 Å². The van der Waals surface area contributed by atoms with Gasteiger partial charge in [-0.05, 0) is 118 Å². The summed E-state index contributed by atoms with van der Waals surface area (Å²) in [7, 11) is 1.34. The number of esters is 2. The predicted molar refractivity (Wildman–Crippen MR) is 238 cm³/mol. The molecule has 7 unspecified atom stereocenters. The zero-order chi connectivity index (χ0) is 46.0. The minimum atomic E-state index is -1.87. The average Bonchev–Trinajstić information content (AvgIpc) is 3.87. The normalized spacial score (nSPS) is 24.7. The Balaban J connectivity index is 0.000000327. The maximum Gasteiger partial charge on any atom is 0.318 e. The number of hydrogen-bond donors (Lipinski definition) is 3. The van der Waals surface area contributed by atoms with Gasteiger partial charge in [-0.15, -0.1) is 0 Å². The third kappa shape index (κ3) is 13.4. The summed E-state index contributed by atoms with van der Waals surface area (Å²) in [6.45, 7) is 20.3.